The van der Waals surface area contributed by atoms with Gasteiger partial charge < -0.3 is 20.7 Å². The molecule has 0 aliphatic rings. The van der Waals surface area contributed by atoms with Crippen LogP contribution >= 0.6 is 11.6 Å². The van der Waals surface area contributed by atoms with Crippen LogP contribution in [0.5, 0.6) is 5.75 Å². The summed E-state index contributed by atoms with van der Waals surface area (Å²) in [5.74, 6) is 0.716. The number of nitriles is 1. The minimum atomic E-state index is -0.543. The summed E-state index contributed by atoms with van der Waals surface area (Å²) < 4.78 is 5.78. The molecule has 0 bridgehead atoms. The second-order valence-corrected chi connectivity index (χ2v) is 8.10. The average molecular weight is 493 g/mol. The van der Waals surface area contributed by atoms with Gasteiger partial charge >= 0.3 is 12.1 Å². The van der Waals surface area contributed by atoms with E-state index >= 15 is 0 Å². The topological polar surface area (TPSA) is 128 Å². The van der Waals surface area contributed by atoms with E-state index in [4.69, 9.17) is 21.6 Å². The van der Waals surface area contributed by atoms with Crippen LogP contribution in [0.25, 0.3) is 0 Å². The smallest absolute Gasteiger partial charge is 0.324 e. The third kappa shape index (κ3) is 7.91. The van der Waals surface area contributed by atoms with Crippen molar-refractivity contribution in [3.63, 3.8) is 0 Å². The van der Waals surface area contributed by atoms with Crippen molar-refractivity contribution in [3.05, 3.63) is 76.4 Å². The first-order valence-electron chi connectivity index (χ1n) is 10.8. The summed E-state index contributed by atoms with van der Waals surface area (Å²) in [6, 6.07) is 14.9. The Hall–Kier alpha value is -4.29. The lowest BCUT2D eigenvalue weighted by Gasteiger charge is -2.14. The molecule has 1 aromatic heterocycles. The molecule has 180 valence electrons. The van der Waals surface area contributed by atoms with E-state index in [0.717, 1.165) is 16.8 Å². The van der Waals surface area contributed by atoms with Crippen LogP contribution in [0, 0.1) is 25.2 Å². The third-order valence-electron chi connectivity index (χ3n) is 4.82. The number of nitrogens with zero attached hydrogens (tertiary/aromatic N) is 2. The van der Waals surface area contributed by atoms with Gasteiger partial charge in [0.05, 0.1) is 17.9 Å². The number of carbonyl (C=O) groups is 2. The van der Waals surface area contributed by atoms with E-state index in [1.807, 2.05) is 38.1 Å². The molecule has 2 aromatic carbocycles. The third-order valence-corrected chi connectivity index (χ3v) is 5.05. The lowest BCUT2D eigenvalue weighted by atomic mass is 10.1. The highest BCUT2D eigenvalue weighted by atomic mass is 35.5. The number of nitrogens with one attached hydrogen (secondary N) is 4. The van der Waals surface area contributed by atoms with Crippen molar-refractivity contribution in [3.8, 4) is 11.8 Å². The molecule has 4 amide bonds. The van der Waals surface area contributed by atoms with Gasteiger partial charge in [0, 0.05) is 23.5 Å². The van der Waals surface area contributed by atoms with Gasteiger partial charge in [-0.1, -0.05) is 29.3 Å². The zero-order valence-electron chi connectivity index (χ0n) is 19.3. The summed E-state index contributed by atoms with van der Waals surface area (Å²) in [6.45, 7) is 4.64. The molecule has 4 N–H and O–H groups in total. The van der Waals surface area contributed by atoms with Crippen molar-refractivity contribution in [1.82, 2.24) is 10.3 Å². The minimum absolute atomic E-state index is 0.288. The number of ether oxygens (including phenoxy) is 1. The predicted octanol–water partition coefficient (Wildman–Crippen LogP) is 5.46. The number of anilines is 3. The van der Waals surface area contributed by atoms with Crippen molar-refractivity contribution in [2.24, 2.45) is 0 Å². The van der Waals surface area contributed by atoms with Crippen LogP contribution in [0.4, 0.5) is 26.8 Å². The maximum Gasteiger partial charge on any atom is 0.324 e. The molecular weight excluding hydrogens is 468 g/mol. The number of aromatic nitrogens is 1. The Morgan fingerprint density at radius 2 is 1.80 bits per heavy atom. The van der Waals surface area contributed by atoms with Crippen LogP contribution in [0.2, 0.25) is 5.02 Å². The Kier molecular flexibility index (Phi) is 8.87. The van der Waals surface area contributed by atoms with Crippen LogP contribution in [-0.4, -0.2) is 30.2 Å². The Morgan fingerprint density at radius 3 is 2.51 bits per heavy atom. The van der Waals surface area contributed by atoms with Crippen molar-refractivity contribution < 1.29 is 14.3 Å². The van der Waals surface area contributed by atoms with Crippen molar-refractivity contribution in [1.29, 1.82) is 5.26 Å². The zero-order valence-corrected chi connectivity index (χ0v) is 20.1. The number of hydrogen-bond donors (Lipinski definition) is 4. The maximum atomic E-state index is 12.4. The van der Waals surface area contributed by atoms with Crippen LogP contribution < -0.4 is 26.0 Å². The monoisotopic (exact) mass is 492 g/mol. The molecule has 0 saturated heterocycles. The lowest BCUT2D eigenvalue weighted by Crippen LogP contribution is -2.30. The second-order valence-electron chi connectivity index (χ2n) is 7.66. The molecule has 3 rings (SSSR count). The largest absolute Gasteiger partial charge is 0.491 e. The van der Waals surface area contributed by atoms with E-state index in [1.165, 1.54) is 12.3 Å². The number of halogens is 1. The summed E-state index contributed by atoms with van der Waals surface area (Å²) in [6.07, 6.45) is 1.91. The van der Waals surface area contributed by atoms with E-state index in [1.54, 1.807) is 24.3 Å². The van der Waals surface area contributed by atoms with Gasteiger partial charge in [-0.3, -0.25) is 5.32 Å². The quantitative estimate of drug-likeness (QED) is 0.310. The lowest BCUT2D eigenvalue weighted by molar-refractivity contribution is 0.250. The fourth-order valence-corrected chi connectivity index (χ4v) is 3.28. The molecule has 35 heavy (non-hydrogen) atoms. The Morgan fingerprint density at radius 1 is 1.00 bits per heavy atom. The van der Waals surface area contributed by atoms with Crippen LogP contribution in [0.15, 0.2) is 54.7 Å². The normalized spacial score (nSPS) is 10.1. The van der Waals surface area contributed by atoms with Crippen LogP contribution in [0.3, 0.4) is 0 Å². The highest BCUT2D eigenvalue weighted by Gasteiger charge is 2.10. The van der Waals surface area contributed by atoms with E-state index in [9.17, 15) is 9.59 Å². The van der Waals surface area contributed by atoms with Gasteiger partial charge in [0.25, 0.3) is 0 Å². The van der Waals surface area contributed by atoms with Gasteiger partial charge in [0.1, 0.15) is 17.6 Å². The van der Waals surface area contributed by atoms with Gasteiger partial charge in [-0.2, -0.15) is 5.26 Å². The van der Waals surface area contributed by atoms with Gasteiger partial charge in [-0.15, -0.1) is 0 Å². The Balaban J connectivity index is 1.46. The highest BCUT2D eigenvalue weighted by molar-refractivity contribution is 6.31. The molecule has 3 aromatic rings. The number of urea groups is 2. The molecule has 0 aliphatic heterocycles. The summed E-state index contributed by atoms with van der Waals surface area (Å²) in [5.41, 5.74) is 3.65. The number of aryl methyl sites for hydroxylation is 2. The maximum absolute atomic E-state index is 12.4. The first kappa shape index (κ1) is 25.3. The van der Waals surface area contributed by atoms with Gasteiger partial charge in [-0.25, -0.2) is 14.6 Å². The van der Waals surface area contributed by atoms with Gasteiger partial charge in [-0.05, 0) is 62.2 Å². The summed E-state index contributed by atoms with van der Waals surface area (Å²) in [4.78, 5) is 28.5. The van der Waals surface area contributed by atoms with E-state index < -0.39 is 6.03 Å². The molecular formula is C25H25ClN6O3. The number of amides is 4. The predicted molar refractivity (Wildman–Crippen MR) is 136 cm³/mol. The molecule has 0 unspecified atom stereocenters. The molecule has 0 radical (unpaired) electrons. The Labute approximate surface area is 208 Å². The summed E-state index contributed by atoms with van der Waals surface area (Å²) in [7, 11) is 0. The molecule has 0 saturated carbocycles. The van der Waals surface area contributed by atoms with Crippen LogP contribution in [-0.2, 0) is 0 Å². The van der Waals surface area contributed by atoms with Crippen molar-refractivity contribution in [2.45, 2.75) is 20.3 Å². The van der Waals surface area contributed by atoms with Crippen molar-refractivity contribution in [2.75, 3.05) is 29.1 Å². The zero-order chi connectivity index (χ0) is 25.2. The van der Waals surface area contributed by atoms with E-state index in [2.05, 4.69) is 26.3 Å². The van der Waals surface area contributed by atoms with Crippen molar-refractivity contribution >= 4 is 40.9 Å². The molecule has 10 heteroatoms. The van der Waals surface area contributed by atoms with Gasteiger partial charge in [0.2, 0.25) is 0 Å². The number of benzene rings is 2. The highest BCUT2D eigenvalue weighted by Crippen LogP contribution is 2.28. The summed E-state index contributed by atoms with van der Waals surface area (Å²) >= 11 is 6.07. The standard InChI is InChI=1S/C25H25ClN6O3/c1-16-4-7-20(17(2)12-16)30-24(33)28-10-3-11-35-22-8-6-19(26)13-21(22)31-25(34)32-23-9-5-18(14-27)15-29-23/h4-9,12-13,15H,3,10-11H2,1-2H3,(H2,28,30,33)(H2,29,31,32,34). The summed E-state index contributed by atoms with van der Waals surface area (Å²) in [5, 5.41) is 20.1. The van der Waals surface area contributed by atoms with Gasteiger partial charge in [0.15, 0.2) is 0 Å². The van der Waals surface area contributed by atoms with E-state index in [-0.39, 0.29) is 11.8 Å². The molecule has 1 heterocycles. The molecule has 0 spiro atoms. The molecule has 0 aliphatic carbocycles. The van der Waals surface area contributed by atoms with E-state index in [0.29, 0.717) is 41.6 Å². The molecule has 9 nitrogen and oxygen atoms in total. The molecule has 0 fully saturated rings. The fraction of sp³-hybridized carbons (Fsp3) is 0.200. The molecule has 0 atom stereocenters. The average Bonchev–Trinajstić information content (AvgIpc) is 2.82. The fourth-order valence-electron chi connectivity index (χ4n) is 3.11. The number of carbonyl (C=O) groups excluding carboxylic acids is 2. The number of pyridine rings is 1. The first-order valence-corrected chi connectivity index (χ1v) is 11.2. The number of hydrogen-bond acceptors (Lipinski definition) is 5. The first-order chi connectivity index (χ1) is 16.8. The number of rotatable bonds is 8. The Bertz CT molecular complexity index is 1240. The van der Waals surface area contributed by atoms with Crippen LogP contribution in [0.1, 0.15) is 23.1 Å². The minimum Gasteiger partial charge on any atom is -0.491 e. The second kappa shape index (κ2) is 12.3. The SMILES string of the molecule is Cc1ccc(NC(=O)NCCCOc2ccc(Cl)cc2NC(=O)Nc2ccc(C#N)cn2)c(C)c1.